The van der Waals surface area contributed by atoms with Crippen LogP contribution in [0.2, 0.25) is 10.0 Å². The molecule has 0 radical (unpaired) electrons. The number of amides is 1. The molecule has 2 aromatic rings. The number of esters is 1. The van der Waals surface area contributed by atoms with Gasteiger partial charge < -0.3 is 10.1 Å². The molecule has 1 N–H and O–H groups in total. The third kappa shape index (κ3) is 6.18. The Bertz CT molecular complexity index is 911. The Labute approximate surface area is 190 Å². The number of nitrogens with one attached hydrogen (secondary N) is 1. The molecule has 162 valence electrons. The molecular weight excluding hydrogens is 445 g/mol. The average molecular weight is 470 g/mol. The third-order valence-electron chi connectivity index (χ3n) is 4.83. The van der Waals surface area contributed by atoms with Gasteiger partial charge in [0, 0.05) is 37.6 Å². The predicted octanol–water partition coefficient (Wildman–Crippen LogP) is 4.30. The Balaban J connectivity index is 1.48. The number of carbonyl (C=O) groups is 2. The second-order valence-electron chi connectivity index (χ2n) is 7.17. The van der Waals surface area contributed by atoms with Crippen molar-refractivity contribution >= 4 is 51.4 Å². The maximum Gasteiger partial charge on any atom is 0.341 e. The fourth-order valence-corrected chi connectivity index (χ4v) is 4.58. The van der Waals surface area contributed by atoms with Crippen LogP contribution < -0.4 is 5.32 Å². The third-order valence-corrected chi connectivity index (χ3v) is 6.53. The van der Waals surface area contributed by atoms with E-state index in [4.69, 9.17) is 27.9 Å². The van der Waals surface area contributed by atoms with E-state index in [0.717, 1.165) is 43.2 Å². The van der Waals surface area contributed by atoms with Crippen molar-refractivity contribution in [1.82, 2.24) is 9.80 Å². The van der Waals surface area contributed by atoms with Crippen molar-refractivity contribution in [3.05, 3.63) is 50.3 Å². The van der Waals surface area contributed by atoms with Gasteiger partial charge in [-0.05, 0) is 37.6 Å². The summed E-state index contributed by atoms with van der Waals surface area (Å²) in [6.45, 7) is 8.36. The highest BCUT2D eigenvalue weighted by atomic mass is 35.5. The largest absolute Gasteiger partial charge is 0.462 e. The summed E-state index contributed by atoms with van der Waals surface area (Å²) in [5.74, 6) is -0.534. The van der Waals surface area contributed by atoms with Gasteiger partial charge in [0.05, 0.1) is 28.8 Å². The molecule has 3 rings (SSSR count). The lowest BCUT2D eigenvalue weighted by Gasteiger charge is -2.34. The Hall–Kier alpha value is -1.64. The van der Waals surface area contributed by atoms with Crippen LogP contribution >= 0.6 is 34.5 Å². The molecule has 1 aromatic heterocycles. The number of hydrogen-bond acceptors (Lipinski definition) is 6. The van der Waals surface area contributed by atoms with E-state index in [1.165, 1.54) is 11.3 Å². The number of anilines is 1. The van der Waals surface area contributed by atoms with Gasteiger partial charge in [0.15, 0.2) is 0 Å². The van der Waals surface area contributed by atoms with Gasteiger partial charge in [-0.3, -0.25) is 14.6 Å². The number of thiophene rings is 1. The number of hydrogen-bond donors (Lipinski definition) is 1. The monoisotopic (exact) mass is 469 g/mol. The van der Waals surface area contributed by atoms with E-state index in [2.05, 4.69) is 15.1 Å². The molecule has 9 heteroatoms. The molecule has 1 aliphatic heterocycles. The standard InChI is InChI=1S/C21H25Cl2N3O3S/c1-3-29-21(28)16-10-14(2)30-20(16)24-19(27)13-26-8-6-25(7-9-26)12-15-4-5-17(22)18(23)11-15/h4-5,10-11H,3,6-9,12-13H2,1-2H3,(H,24,27). The van der Waals surface area contributed by atoms with Crippen LogP contribution in [0.5, 0.6) is 0 Å². The van der Waals surface area contributed by atoms with E-state index in [1.807, 2.05) is 25.1 Å². The molecule has 1 fully saturated rings. The first-order chi connectivity index (χ1) is 14.4. The summed E-state index contributed by atoms with van der Waals surface area (Å²) in [4.78, 5) is 30.0. The normalized spacial score (nSPS) is 15.2. The highest BCUT2D eigenvalue weighted by Gasteiger charge is 2.22. The maximum absolute atomic E-state index is 12.5. The van der Waals surface area contributed by atoms with E-state index in [-0.39, 0.29) is 5.91 Å². The van der Waals surface area contributed by atoms with Crippen LogP contribution in [0.3, 0.4) is 0 Å². The van der Waals surface area contributed by atoms with E-state index in [1.54, 1.807) is 13.0 Å². The van der Waals surface area contributed by atoms with Crippen molar-refractivity contribution in [2.45, 2.75) is 20.4 Å². The fourth-order valence-electron chi connectivity index (χ4n) is 3.34. The minimum atomic E-state index is -0.409. The maximum atomic E-state index is 12.5. The second kappa shape index (κ2) is 10.6. The van der Waals surface area contributed by atoms with Crippen LogP contribution in [-0.4, -0.2) is 61.0 Å². The molecule has 1 aliphatic rings. The van der Waals surface area contributed by atoms with Crippen LogP contribution in [-0.2, 0) is 16.1 Å². The number of piperazine rings is 1. The van der Waals surface area contributed by atoms with Crippen molar-refractivity contribution in [1.29, 1.82) is 0 Å². The van der Waals surface area contributed by atoms with E-state index in [9.17, 15) is 9.59 Å². The van der Waals surface area contributed by atoms with Gasteiger partial charge >= 0.3 is 5.97 Å². The van der Waals surface area contributed by atoms with Gasteiger partial charge in [-0.15, -0.1) is 11.3 Å². The van der Waals surface area contributed by atoms with E-state index in [0.29, 0.717) is 33.8 Å². The fraction of sp³-hybridized carbons (Fsp3) is 0.429. The summed E-state index contributed by atoms with van der Waals surface area (Å²) in [5, 5.41) is 4.55. The van der Waals surface area contributed by atoms with Crippen molar-refractivity contribution in [2.24, 2.45) is 0 Å². The Morgan fingerprint density at radius 2 is 1.80 bits per heavy atom. The molecule has 2 heterocycles. The average Bonchev–Trinajstić information content (AvgIpc) is 3.06. The minimum absolute atomic E-state index is 0.125. The number of carbonyl (C=O) groups excluding carboxylic acids is 2. The molecule has 0 bridgehead atoms. The number of nitrogens with zero attached hydrogens (tertiary/aromatic N) is 2. The highest BCUT2D eigenvalue weighted by molar-refractivity contribution is 7.16. The SMILES string of the molecule is CCOC(=O)c1cc(C)sc1NC(=O)CN1CCN(Cc2ccc(Cl)c(Cl)c2)CC1. The second-order valence-corrected chi connectivity index (χ2v) is 9.24. The first kappa shape index (κ1) is 23.0. The molecule has 30 heavy (non-hydrogen) atoms. The van der Waals surface area contributed by atoms with Crippen molar-refractivity contribution in [3.63, 3.8) is 0 Å². The summed E-state index contributed by atoms with van der Waals surface area (Å²) in [6.07, 6.45) is 0. The van der Waals surface area contributed by atoms with Crippen LogP contribution in [0.15, 0.2) is 24.3 Å². The Kier molecular flexibility index (Phi) is 8.13. The Morgan fingerprint density at radius 3 is 2.47 bits per heavy atom. The van der Waals surface area contributed by atoms with E-state index < -0.39 is 5.97 Å². The summed E-state index contributed by atoms with van der Waals surface area (Å²) in [7, 11) is 0. The number of halogens is 2. The zero-order valence-electron chi connectivity index (χ0n) is 17.0. The van der Waals surface area contributed by atoms with Gasteiger partial charge in [0.2, 0.25) is 5.91 Å². The van der Waals surface area contributed by atoms with Crippen LogP contribution in [0.1, 0.15) is 27.7 Å². The number of aryl methyl sites for hydroxylation is 1. The molecule has 6 nitrogen and oxygen atoms in total. The van der Waals surface area contributed by atoms with E-state index >= 15 is 0 Å². The van der Waals surface area contributed by atoms with Crippen LogP contribution in [0.25, 0.3) is 0 Å². The first-order valence-corrected chi connectivity index (χ1v) is 11.4. The van der Waals surface area contributed by atoms with Gasteiger partial charge in [0.25, 0.3) is 0 Å². The molecule has 0 spiro atoms. The van der Waals surface area contributed by atoms with Gasteiger partial charge in [-0.25, -0.2) is 4.79 Å². The van der Waals surface area contributed by atoms with Crippen molar-refractivity contribution in [2.75, 3.05) is 44.6 Å². The minimum Gasteiger partial charge on any atom is -0.462 e. The highest BCUT2D eigenvalue weighted by Crippen LogP contribution is 2.28. The molecule has 0 aliphatic carbocycles. The molecule has 1 amide bonds. The number of ether oxygens (including phenoxy) is 1. The summed E-state index contributed by atoms with van der Waals surface area (Å²) >= 11 is 13.5. The number of benzene rings is 1. The number of rotatable bonds is 7. The molecular formula is C21H25Cl2N3O3S. The Morgan fingerprint density at radius 1 is 1.10 bits per heavy atom. The summed E-state index contributed by atoms with van der Waals surface area (Å²) in [6, 6.07) is 7.45. The molecule has 0 atom stereocenters. The lowest BCUT2D eigenvalue weighted by molar-refractivity contribution is -0.117. The van der Waals surface area contributed by atoms with Crippen LogP contribution in [0.4, 0.5) is 5.00 Å². The molecule has 0 saturated carbocycles. The molecule has 0 unspecified atom stereocenters. The zero-order chi connectivity index (χ0) is 21.7. The quantitative estimate of drug-likeness (QED) is 0.612. The zero-order valence-corrected chi connectivity index (χ0v) is 19.4. The lowest BCUT2D eigenvalue weighted by Crippen LogP contribution is -2.48. The lowest BCUT2D eigenvalue weighted by atomic mass is 10.2. The topological polar surface area (TPSA) is 61.9 Å². The smallest absolute Gasteiger partial charge is 0.341 e. The molecule has 1 aromatic carbocycles. The summed E-state index contributed by atoms with van der Waals surface area (Å²) < 4.78 is 5.07. The summed E-state index contributed by atoms with van der Waals surface area (Å²) in [5.41, 5.74) is 1.54. The van der Waals surface area contributed by atoms with Gasteiger partial charge in [-0.1, -0.05) is 29.3 Å². The first-order valence-electron chi connectivity index (χ1n) is 9.81. The van der Waals surface area contributed by atoms with Gasteiger partial charge in [-0.2, -0.15) is 0 Å². The van der Waals surface area contributed by atoms with Crippen molar-refractivity contribution in [3.8, 4) is 0 Å². The van der Waals surface area contributed by atoms with Crippen molar-refractivity contribution < 1.29 is 14.3 Å². The predicted molar refractivity (Wildman–Crippen MR) is 122 cm³/mol. The molecule has 1 saturated heterocycles. The van der Waals surface area contributed by atoms with Crippen LogP contribution in [0, 0.1) is 6.92 Å². The van der Waals surface area contributed by atoms with Gasteiger partial charge in [0.1, 0.15) is 5.00 Å².